The van der Waals surface area contributed by atoms with Crippen LogP contribution in [0.25, 0.3) is 44.6 Å². The number of nitrogens with one attached hydrogen (secondary N) is 2. The standard InChI is InChI=1S/C22H14ClF2N5O2/c1-10-18-15(9-17(23)27-10)28-20(30-18)13-8-12-14(29-21(13)31)6-7-26-19(12)11-4-2-3-5-16(11)32-22(24)25/h2-9,22H,1H3,(H,28,30)(H,29,31). The maximum Gasteiger partial charge on any atom is 0.387 e. The second kappa shape index (κ2) is 7.69. The Morgan fingerprint density at radius 2 is 1.84 bits per heavy atom. The number of aromatic amines is 2. The summed E-state index contributed by atoms with van der Waals surface area (Å²) in [4.78, 5) is 31.8. The van der Waals surface area contributed by atoms with E-state index in [0.29, 0.717) is 49.9 Å². The molecule has 5 aromatic rings. The molecule has 0 bridgehead atoms. The van der Waals surface area contributed by atoms with Crippen LogP contribution in [-0.4, -0.2) is 31.5 Å². The highest BCUT2D eigenvalue weighted by atomic mass is 35.5. The molecule has 5 rings (SSSR count). The number of aryl methyl sites for hydroxylation is 1. The summed E-state index contributed by atoms with van der Waals surface area (Å²) in [5.41, 5.74) is 2.97. The Morgan fingerprint density at radius 1 is 1.03 bits per heavy atom. The predicted octanol–water partition coefficient (Wildman–Crippen LogP) is 5.09. The van der Waals surface area contributed by atoms with E-state index in [1.54, 1.807) is 43.3 Å². The smallest absolute Gasteiger partial charge is 0.387 e. The molecule has 0 saturated heterocycles. The van der Waals surface area contributed by atoms with Crippen molar-refractivity contribution in [3.8, 4) is 28.4 Å². The molecule has 32 heavy (non-hydrogen) atoms. The van der Waals surface area contributed by atoms with Gasteiger partial charge in [-0.25, -0.2) is 9.97 Å². The largest absolute Gasteiger partial charge is 0.434 e. The van der Waals surface area contributed by atoms with E-state index in [1.807, 2.05) is 0 Å². The van der Waals surface area contributed by atoms with Crippen molar-refractivity contribution < 1.29 is 13.5 Å². The monoisotopic (exact) mass is 453 g/mol. The minimum absolute atomic E-state index is 0.0182. The topological polar surface area (TPSA) is 96.5 Å². The van der Waals surface area contributed by atoms with Crippen LogP contribution in [0.15, 0.2) is 53.5 Å². The van der Waals surface area contributed by atoms with Crippen LogP contribution >= 0.6 is 11.6 Å². The van der Waals surface area contributed by atoms with E-state index < -0.39 is 6.61 Å². The Kier molecular flexibility index (Phi) is 4.82. The summed E-state index contributed by atoms with van der Waals surface area (Å²) >= 11 is 6.03. The van der Waals surface area contributed by atoms with Gasteiger partial charge in [-0.3, -0.25) is 9.78 Å². The predicted molar refractivity (Wildman–Crippen MR) is 117 cm³/mol. The normalized spacial score (nSPS) is 11.5. The number of hydrogen-bond donors (Lipinski definition) is 2. The average Bonchev–Trinajstić information content (AvgIpc) is 3.17. The number of hydrogen-bond acceptors (Lipinski definition) is 5. The highest BCUT2D eigenvalue weighted by molar-refractivity contribution is 6.30. The van der Waals surface area contributed by atoms with Crippen LogP contribution in [0.1, 0.15) is 5.69 Å². The van der Waals surface area contributed by atoms with Crippen molar-refractivity contribution in [2.45, 2.75) is 13.5 Å². The van der Waals surface area contributed by atoms with E-state index in [9.17, 15) is 13.6 Å². The number of para-hydroxylation sites is 1. The number of pyridine rings is 3. The summed E-state index contributed by atoms with van der Waals surface area (Å²) in [5.74, 6) is 0.303. The summed E-state index contributed by atoms with van der Waals surface area (Å²) in [6.07, 6.45) is 1.49. The lowest BCUT2D eigenvalue weighted by Gasteiger charge is -2.12. The number of H-pyrrole nitrogens is 2. The van der Waals surface area contributed by atoms with Crippen molar-refractivity contribution in [1.29, 1.82) is 0 Å². The van der Waals surface area contributed by atoms with E-state index in [-0.39, 0.29) is 16.9 Å². The fourth-order valence-electron chi connectivity index (χ4n) is 3.64. The lowest BCUT2D eigenvalue weighted by Crippen LogP contribution is -2.10. The Balaban J connectivity index is 1.74. The van der Waals surface area contributed by atoms with Crippen LogP contribution < -0.4 is 10.3 Å². The van der Waals surface area contributed by atoms with Crippen LogP contribution in [0.5, 0.6) is 5.75 Å². The molecule has 0 amide bonds. The molecule has 0 radical (unpaired) electrons. The molecule has 0 atom stereocenters. The van der Waals surface area contributed by atoms with E-state index >= 15 is 0 Å². The van der Waals surface area contributed by atoms with Crippen molar-refractivity contribution in [2.75, 3.05) is 0 Å². The van der Waals surface area contributed by atoms with Gasteiger partial charge in [0.05, 0.1) is 28.0 Å². The van der Waals surface area contributed by atoms with Crippen LogP contribution in [0, 0.1) is 6.92 Å². The molecule has 0 aliphatic rings. The number of aromatic nitrogens is 5. The molecular weight excluding hydrogens is 440 g/mol. The Bertz CT molecular complexity index is 1550. The zero-order valence-electron chi connectivity index (χ0n) is 16.5. The van der Waals surface area contributed by atoms with Crippen LogP contribution in [0.3, 0.4) is 0 Å². The zero-order chi connectivity index (χ0) is 22.4. The Morgan fingerprint density at radius 3 is 2.66 bits per heavy atom. The third-order valence-electron chi connectivity index (χ3n) is 5.00. The lowest BCUT2D eigenvalue weighted by molar-refractivity contribution is -0.0494. The molecule has 7 nitrogen and oxygen atoms in total. The first-order valence-corrected chi connectivity index (χ1v) is 9.88. The highest BCUT2D eigenvalue weighted by Gasteiger charge is 2.18. The quantitative estimate of drug-likeness (QED) is 0.369. The number of imidazole rings is 1. The molecule has 4 heterocycles. The third-order valence-corrected chi connectivity index (χ3v) is 5.19. The second-order valence-electron chi connectivity index (χ2n) is 7.02. The molecule has 0 unspecified atom stereocenters. The number of alkyl halides is 2. The van der Waals surface area contributed by atoms with Crippen molar-refractivity contribution in [3.63, 3.8) is 0 Å². The first-order valence-electron chi connectivity index (χ1n) is 9.50. The van der Waals surface area contributed by atoms with E-state index in [1.165, 1.54) is 12.3 Å². The van der Waals surface area contributed by atoms with E-state index in [0.717, 1.165) is 0 Å². The minimum Gasteiger partial charge on any atom is -0.434 e. The van der Waals surface area contributed by atoms with Gasteiger partial charge < -0.3 is 14.7 Å². The van der Waals surface area contributed by atoms with E-state index in [4.69, 9.17) is 11.6 Å². The van der Waals surface area contributed by atoms with Gasteiger partial charge in [-0.05, 0) is 31.2 Å². The number of nitrogens with zero attached hydrogens (tertiary/aromatic N) is 3. The number of rotatable bonds is 4. The Labute approximate surface area is 184 Å². The molecule has 0 saturated carbocycles. The van der Waals surface area contributed by atoms with Crippen molar-refractivity contribution >= 4 is 33.5 Å². The molecule has 0 aliphatic carbocycles. The van der Waals surface area contributed by atoms with Gasteiger partial charge in [0.15, 0.2) is 0 Å². The van der Waals surface area contributed by atoms with Crippen LogP contribution in [0.2, 0.25) is 5.15 Å². The molecular formula is C22H14ClF2N5O2. The molecule has 0 fully saturated rings. The van der Waals surface area contributed by atoms with Gasteiger partial charge in [0, 0.05) is 23.2 Å². The number of ether oxygens (including phenoxy) is 1. The molecule has 160 valence electrons. The molecule has 0 spiro atoms. The van der Waals surface area contributed by atoms with Crippen LogP contribution in [0.4, 0.5) is 8.78 Å². The molecule has 1 aromatic carbocycles. The third kappa shape index (κ3) is 3.46. The van der Waals surface area contributed by atoms with Gasteiger partial charge in [-0.2, -0.15) is 8.78 Å². The van der Waals surface area contributed by atoms with E-state index in [2.05, 4.69) is 29.7 Å². The fraction of sp³-hybridized carbons (Fsp3) is 0.0909. The molecule has 0 aliphatic heterocycles. The fourth-order valence-corrected chi connectivity index (χ4v) is 3.87. The first-order chi connectivity index (χ1) is 15.4. The summed E-state index contributed by atoms with van der Waals surface area (Å²) in [5, 5.41) is 0.848. The van der Waals surface area contributed by atoms with Crippen LogP contribution in [-0.2, 0) is 0 Å². The second-order valence-corrected chi connectivity index (χ2v) is 7.41. The van der Waals surface area contributed by atoms with Crippen molar-refractivity contribution in [3.05, 3.63) is 69.9 Å². The van der Waals surface area contributed by atoms with Gasteiger partial charge in [0.1, 0.15) is 22.2 Å². The van der Waals surface area contributed by atoms with Gasteiger partial charge in [-0.1, -0.05) is 23.7 Å². The highest BCUT2D eigenvalue weighted by Crippen LogP contribution is 2.34. The Hall–Kier alpha value is -3.85. The maximum atomic E-state index is 12.9. The first kappa shape index (κ1) is 20.1. The summed E-state index contributed by atoms with van der Waals surface area (Å²) < 4.78 is 30.5. The van der Waals surface area contributed by atoms with Gasteiger partial charge in [-0.15, -0.1) is 0 Å². The van der Waals surface area contributed by atoms with Crippen molar-refractivity contribution in [2.24, 2.45) is 0 Å². The lowest BCUT2D eigenvalue weighted by atomic mass is 10.0. The number of fused-ring (bicyclic) bond motifs is 2. The van der Waals surface area contributed by atoms with Crippen molar-refractivity contribution in [1.82, 2.24) is 24.9 Å². The summed E-state index contributed by atoms with van der Waals surface area (Å²) in [7, 11) is 0. The summed E-state index contributed by atoms with van der Waals surface area (Å²) in [6, 6.07) is 11.2. The number of benzene rings is 1. The average molecular weight is 454 g/mol. The minimum atomic E-state index is -2.99. The van der Waals surface area contributed by atoms with Gasteiger partial charge in [0.25, 0.3) is 5.56 Å². The molecule has 10 heteroatoms. The van der Waals surface area contributed by atoms with Gasteiger partial charge >= 0.3 is 6.61 Å². The SMILES string of the molecule is Cc1nc(Cl)cc2[nH]c(-c3cc4c(-c5ccccc5OC(F)F)nccc4[nH]c3=O)nc12. The number of halogens is 3. The molecule has 2 N–H and O–H groups in total. The maximum absolute atomic E-state index is 12.9. The zero-order valence-corrected chi connectivity index (χ0v) is 17.2. The molecule has 4 aromatic heterocycles. The van der Waals surface area contributed by atoms with Gasteiger partial charge in [0.2, 0.25) is 0 Å². The summed E-state index contributed by atoms with van der Waals surface area (Å²) in [6.45, 7) is -1.22.